The van der Waals surface area contributed by atoms with Crippen LogP contribution in [0.3, 0.4) is 0 Å². The SMILES string of the molecule is CC(C)CCCOCCOCCNC(=O)CCCCCCCCOC(C)C. The van der Waals surface area contributed by atoms with E-state index in [0.717, 1.165) is 44.8 Å². The predicted octanol–water partition coefficient (Wildman–Crippen LogP) is 4.73. The molecule has 0 aliphatic rings. The van der Waals surface area contributed by atoms with Crippen molar-refractivity contribution in [3.05, 3.63) is 0 Å². The Labute approximate surface area is 167 Å². The summed E-state index contributed by atoms with van der Waals surface area (Å²) in [5, 5.41) is 2.91. The van der Waals surface area contributed by atoms with Crippen LogP contribution in [0.2, 0.25) is 0 Å². The Bertz CT molecular complexity index is 321. The van der Waals surface area contributed by atoms with E-state index in [4.69, 9.17) is 14.2 Å². The van der Waals surface area contributed by atoms with Gasteiger partial charge in [0.05, 0.1) is 25.9 Å². The zero-order valence-corrected chi connectivity index (χ0v) is 18.4. The number of unbranched alkanes of at least 4 members (excludes halogenated alkanes) is 5. The molecular weight excluding hydrogens is 342 g/mol. The summed E-state index contributed by atoms with van der Waals surface area (Å²) in [5.74, 6) is 0.872. The van der Waals surface area contributed by atoms with Crippen molar-refractivity contribution >= 4 is 5.91 Å². The highest BCUT2D eigenvalue weighted by Crippen LogP contribution is 2.07. The van der Waals surface area contributed by atoms with Gasteiger partial charge >= 0.3 is 0 Å². The molecule has 0 saturated carbocycles. The molecule has 5 nitrogen and oxygen atoms in total. The molecule has 0 saturated heterocycles. The van der Waals surface area contributed by atoms with Gasteiger partial charge in [0, 0.05) is 26.2 Å². The van der Waals surface area contributed by atoms with E-state index in [1.165, 1.54) is 25.7 Å². The van der Waals surface area contributed by atoms with E-state index >= 15 is 0 Å². The third kappa shape index (κ3) is 23.3. The maximum Gasteiger partial charge on any atom is 0.220 e. The van der Waals surface area contributed by atoms with E-state index in [0.29, 0.717) is 38.9 Å². The average Bonchev–Trinajstić information content (AvgIpc) is 2.61. The first-order valence-electron chi connectivity index (χ1n) is 11.1. The fourth-order valence-electron chi connectivity index (χ4n) is 2.68. The van der Waals surface area contributed by atoms with Crippen molar-refractivity contribution in [2.45, 2.75) is 91.6 Å². The highest BCUT2D eigenvalue weighted by Gasteiger charge is 2.01. The lowest BCUT2D eigenvalue weighted by Gasteiger charge is -2.08. The Morgan fingerprint density at radius 2 is 1.37 bits per heavy atom. The number of hydrogen-bond donors (Lipinski definition) is 1. The summed E-state index contributed by atoms with van der Waals surface area (Å²) in [5.41, 5.74) is 0. The molecule has 0 atom stereocenters. The maximum absolute atomic E-state index is 11.7. The third-order valence-electron chi connectivity index (χ3n) is 4.26. The molecule has 0 aromatic heterocycles. The van der Waals surface area contributed by atoms with Crippen molar-refractivity contribution < 1.29 is 19.0 Å². The number of carbonyl (C=O) groups is 1. The van der Waals surface area contributed by atoms with E-state index < -0.39 is 0 Å². The monoisotopic (exact) mass is 387 g/mol. The van der Waals surface area contributed by atoms with Gasteiger partial charge in [-0.25, -0.2) is 0 Å². The van der Waals surface area contributed by atoms with Crippen LogP contribution in [0.4, 0.5) is 0 Å². The molecule has 0 aromatic carbocycles. The van der Waals surface area contributed by atoms with Gasteiger partial charge < -0.3 is 19.5 Å². The molecular formula is C22H45NO4. The summed E-state index contributed by atoms with van der Waals surface area (Å²) in [4.78, 5) is 11.7. The van der Waals surface area contributed by atoms with E-state index in [2.05, 4.69) is 33.0 Å². The molecule has 0 rings (SSSR count). The van der Waals surface area contributed by atoms with E-state index in [-0.39, 0.29) is 5.91 Å². The normalized spacial score (nSPS) is 11.5. The largest absolute Gasteiger partial charge is 0.379 e. The molecule has 162 valence electrons. The summed E-state index contributed by atoms with van der Waals surface area (Å²) in [7, 11) is 0. The lowest BCUT2D eigenvalue weighted by atomic mass is 10.1. The molecule has 0 fully saturated rings. The van der Waals surface area contributed by atoms with E-state index in [1.807, 2.05) is 0 Å². The molecule has 0 spiro atoms. The number of nitrogens with one attached hydrogen (secondary N) is 1. The first kappa shape index (κ1) is 26.4. The molecule has 0 unspecified atom stereocenters. The van der Waals surface area contributed by atoms with Crippen LogP contribution in [0, 0.1) is 5.92 Å². The molecule has 5 heteroatoms. The van der Waals surface area contributed by atoms with Gasteiger partial charge in [-0.1, -0.05) is 39.5 Å². The van der Waals surface area contributed by atoms with Gasteiger partial charge in [-0.05, 0) is 45.4 Å². The zero-order chi connectivity index (χ0) is 20.2. The van der Waals surface area contributed by atoms with Crippen LogP contribution in [0.5, 0.6) is 0 Å². The average molecular weight is 388 g/mol. The predicted molar refractivity (Wildman–Crippen MR) is 112 cm³/mol. The first-order chi connectivity index (χ1) is 13.0. The zero-order valence-electron chi connectivity index (χ0n) is 18.4. The van der Waals surface area contributed by atoms with Crippen LogP contribution in [-0.4, -0.2) is 51.6 Å². The van der Waals surface area contributed by atoms with Gasteiger partial charge in [-0.2, -0.15) is 0 Å². The minimum absolute atomic E-state index is 0.133. The van der Waals surface area contributed by atoms with Crippen LogP contribution in [0.15, 0.2) is 0 Å². The molecule has 0 bridgehead atoms. The van der Waals surface area contributed by atoms with Crippen molar-refractivity contribution in [3.8, 4) is 0 Å². The molecule has 0 aromatic rings. The lowest BCUT2D eigenvalue weighted by molar-refractivity contribution is -0.121. The minimum Gasteiger partial charge on any atom is -0.379 e. The van der Waals surface area contributed by atoms with Gasteiger partial charge in [-0.3, -0.25) is 4.79 Å². The number of rotatable bonds is 20. The summed E-state index contributed by atoms with van der Waals surface area (Å²) >= 11 is 0. The van der Waals surface area contributed by atoms with Crippen LogP contribution >= 0.6 is 0 Å². The fourth-order valence-corrected chi connectivity index (χ4v) is 2.68. The first-order valence-corrected chi connectivity index (χ1v) is 11.1. The Kier molecular flexibility index (Phi) is 19.6. The fraction of sp³-hybridized carbons (Fsp3) is 0.955. The standard InChI is InChI=1S/C22H45NO4/c1-20(2)12-11-15-25-18-19-26-17-14-23-22(24)13-9-7-5-6-8-10-16-27-21(3)4/h20-21H,5-19H2,1-4H3,(H,23,24). The van der Waals surface area contributed by atoms with Crippen molar-refractivity contribution in [1.29, 1.82) is 0 Å². The number of carbonyl (C=O) groups excluding carboxylic acids is 1. The molecule has 0 aliphatic heterocycles. The molecule has 0 heterocycles. The van der Waals surface area contributed by atoms with Crippen LogP contribution < -0.4 is 5.32 Å². The van der Waals surface area contributed by atoms with Crippen molar-refractivity contribution in [2.75, 3.05) is 39.6 Å². The second-order valence-electron chi connectivity index (χ2n) is 7.90. The second-order valence-corrected chi connectivity index (χ2v) is 7.90. The van der Waals surface area contributed by atoms with Crippen molar-refractivity contribution in [2.24, 2.45) is 5.92 Å². The van der Waals surface area contributed by atoms with Crippen LogP contribution in [0.25, 0.3) is 0 Å². The Morgan fingerprint density at radius 3 is 2.04 bits per heavy atom. The number of ether oxygens (including phenoxy) is 3. The van der Waals surface area contributed by atoms with Gasteiger partial charge in [0.2, 0.25) is 5.91 Å². The van der Waals surface area contributed by atoms with Gasteiger partial charge in [0.1, 0.15) is 0 Å². The Balaban J connectivity index is 3.18. The summed E-state index contributed by atoms with van der Waals surface area (Å²) < 4.78 is 16.5. The van der Waals surface area contributed by atoms with Crippen molar-refractivity contribution in [1.82, 2.24) is 5.32 Å². The molecule has 1 N–H and O–H groups in total. The van der Waals surface area contributed by atoms with Gasteiger partial charge in [-0.15, -0.1) is 0 Å². The highest BCUT2D eigenvalue weighted by atomic mass is 16.5. The lowest BCUT2D eigenvalue weighted by Crippen LogP contribution is -2.27. The Morgan fingerprint density at radius 1 is 0.741 bits per heavy atom. The highest BCUT2D eigenvalue weighted by molar-refractivity contribution is 5.75. The maximum atomic E-state index is 11.7. The molecule has 27 heavy (non-hydrogen) atoms. The smallest absolute Gasteiger partial charge is 0.220 e. The summed E-state index contributed by atoms with van der Waals surface area (Å²) in [6.07, 6.45) is 10.2. The quantitative estimate of drug-likeness (QED) is 0.307. The topological polar surface area (TPSA) is 56.8 Å². The van der Waals surface area contributed by atoms with E-state index in [1.54, 1.807) is 0 Å². The Hall–Kier alpha value is -0.650. The van der Waals surface area contributed by atoms with Crippen LogP contribution in [0.1, 0.15) is 85.5 Å². The van der Waals surface area contributed by atoms with Crippen LogP contribution in [-0.2, 0) is 19.0 Å². The molecule has 1 amide bonds. The molecule has 0 aliphatic carbocycles. The van der Waals surface area contributed by atoms with Gasteiger partial charge in [0.15, 0.2) is 0 Å². The number of amides is 1. The van der Waals surface area contributed by atoms with Crippen molar-refractivity contribution in [3.63, 3.8) is 0 Å². The summed E-state index contributed by atoms with van der Waals surface area (Å²) in [6, 6.07) is 0. The second kappa shape index (κ2) is 20.1. The van der Waals surface area contributed by atoms with E-state index in [9.17, 15) is 4.79 Å². The van der Waals surface area contributed by atoms with Gasteiger partial charge in [0.25, 0.3) is 0 Å². The molecule has 0 radical (unpaired) electrons. The minimum atomic E-state index is 0.133. The summed E-state index contributed by atoms with van der Waals surface area (Å²) in [6.45, 7) is 12.6. The third-order valence-corrected chi connectivity index (χ3v) is 4.26. The number of hydrogen-bond acceptors (Lipinski definition) is 4.